The van der Waals surface area contributed by atoms with Gasteiger partial charge in [-0.05, 0) is 37.1 Å². The lowest BCUT2D eigenvalue weighted by molar-refractivity contribution is -0.120. The Kier molecular flexibility index (Phi) is 5.74. The summed E-state index contributed by atoms with van der Waals surface area (Å²) in [6, 6.07) is 3.37. The molecule has 1 N–H and O–H groups in total. The molecule has 0 radical (unpaired) electrons. The Balaban J connectivity index is 3.10. The summed E-state index contributed by atoms with van der Waals surface area (Å²) in [5.41, 5.74) is 1.25. The van der Waals surface area contributed by atoms with Crippen molar-refractivity contribution >= 4 is 15.9 Å². The molecular formula is C14H22N2O4S. The third-order valence-corrected chi connectivity index (χ3v) is 5.43. The van der Waals surface area contributed by atoms with Gasteiger partial charge < -0.3 is 10.1 Å². The van der Waals surface area contributed by atoms with Gasteiger partial charge in [0.15, 0.2) is 0 Å². The highest BCUT2D eigenvalue weighted by Gasteiger charge is 2.25. The summed E-state index contributed by atoms with van der Waals surface area (Å²) in [4.78, 5) is 11.5. The Labute approximate surface area is 126 Å². The highest BCUT2D eigenvalue weighted by molar-refractivity contribution is 7.89. The fourth-order valence-electron chi connectivity index (χ4n) is 2.10. The molecule has 0 saturated carbocycles. The first-order chi connectivity index (χ1) is 9.73. The van der Waals surface area contributed by atoms with Crippen molar-refractivity contribution < 1.29 is 17.9 Å². The molecule has 0 atom stereocenters. The van der Waals surface area contributed by atoms with E-state index in [2.05, 4.69) is 5.32 Å². The summed E-state index contributed by atoms with van der Waals surface area (Å²) in [7, 11) is 0.904. The van der Waals surface area contributed by atoms with Crippen molar-refractivity contribution in [1.29, 1.82) is 0 Å². The monoisotopic (exact) mass is 314 g/mol. The van der Waals surface area contributed by atoms with Crippen molar-refractivity contribution in [3.63, 3.8) is 0 Å². The zero-order chi connectivity index (χ0) is 16.2. The van der Waals surface area contributed by atoms with E-state index in [4.69, 9.17) is 4.74 Å². The lowest BCUT2D eigenvalue weighted by Gasteiger charge is -2.20. The van der Waals surface area contributed by atoms with E-state index < -0.39 is 10.0 Å². The SMILES string of the molecule is CNC(=O)CCN(C)S(=O)(=O)c1c(C)cc(OC)cc1C. The molecule has 118 valence electrons. The van der Waals surface area contributed by atoms with Gasteiger partial charge in [0.1, 0.15) is 5.75 Å². The highest BCUT2D eigenvalue weighted by atomic mass is 32.2. The average molecular weight is 314 g/mol. The van der Waals surface area contributed by atoms with Crippen molar-refractivity contribution in [2.24, 2.45) is 0 Å². The van der Waals surface area contributed by atoms with Crippen LogP contribution in [0.5, 0.6) is 5.75 Å². The third-order valence-electron chi connectivity index (χ3n) is 3.27. The Morgan fingerprint density at radius 2 is 1.81 bits per heavy atom. The standard InChI is InChI=1S/C14H22N2O4S/c1-10-8-12(20-5)9-11(2)14(10)21(18,19)16(4)7-6-13(17)15-3/h8-9H,6-7H2,1-5H3,(H,15,17). The van der Waals surface area contributed by atoms with E-state index in [1.807, 2.05) is 0 Å². The summed E-state index contributed by atoms with van der Waals surface area (Å²) in [5, 5.41) is 2.47. The van der Waals surface area contributed by atoms with Gasteiger partial charge in [0.25, 0.3) is 0 Å². The Hall–Kier alpha value is -1.60. The molecule has 0 bridgehead atoms. The van der Waals surface area contributed by atoms with Gasteiger partial charge in [0.2, 0.25) is 15.9 Å². The lowest BCUT2D eigenvalue weighted by Crippen LogP contribution is -2.32. The Morgan fingerprint density at radius 3 is 2.24 bits per heavy atom. The van der Waals surface area contributed by atoms with Gasteiger partial charge in [-0.3, -0.25) is 4.79 Å². The summed E-state index contributed by atoms with van der Waals surface area (Å²) in [6.45, 7) is 3.59. The zero-order valence-corrected chi connectivity index (χ0v) is 13.9. The molecule has 21 heavy (non-hydrogen) atoms. The minimum absolute atomic E-state index is 0.125. The average Bonchev–Trinajstić information content (AvgIpc) is 2.42. The van der Waals surface area contributed by atoms with Gasteiger partial charge in [-0.15, -0.1) is 0 Å². The first kappa shape index (κ1) is 17.5. The molecule has 0 aliphatic carbocycles. The number of hydrogen-bond acceptors (Lipinski definition) is 4. The minimum Gasteiger partial charge on any atom is -0.497 e. The van der Waals surface area contributed by atoms with Crippen LogP contribution in [-0.2, 0) is 14.8 Å². The first-order valence-electron chi connectivity index (χ1n) is 6.56. The van der Waals surface area contributed by atoms with Crippen LogP contribution in [-0.4, -0.2) is 46.4 Å². The highest BCUT2D eigenvalue weighted by Crippen LogP contribution is 2.27. The predicted octanol–water partition coefficient (Wildman–Crippen LogP) is 1.07. The molecule has 0 heterocycles. The van der Waals surface area contributed by atoms with Gasteiger partial charge >= 0.3 is 0 Å². The fourth-order valence-corrected chi connectivity index (χ4v) is 3.67. The van der Waals surface area contributed by atoms with Crippen LogP contribution < -0.4 is 10.1 Å². The van der Waals surface area contributed by atoms with Gasteiger partial charge in [-0.25, -0.2) is 12.7 Å². The van der Waals surface area contributed by atoms with Crippen LogP contribution in [0.4, 0.5) is 0 Å². The van der Waals surface area contributed by atoms with Crippen molar-refractivity contribution in [1.82, 2.24) is 9.62 Å². The lowest BCUT2D eigenvalue weighted by atomic mass is 10.1. The van der Waals surface area contributed by atoms with Crippen LogP contribution in [0.3, 0.4) is 0 Å². The number of methoxy groups -OCH3 is 1. The quantitative estimate of drug-likeness (QED) is 0.852. The second-order valence-electron chi connectivity index (χ2n) is 4.84. The Morgan fingerprint density at radius 1 is 1.29 bits per heavy atom. The third kappa shape index (κ3) is 3.95. The number of ether oxygens (including phenoxy) is 1. The van der Waals surface area contributed by atoms with E-state index in [9.17, 15) is 13.2 Å². The maximum Gasteiger partial charge on any atom is 0.243 e. The van der Waals surface area contributed by atoms with Crippen molar-refractivity contribution in [3.8, 4) is 5.75 Å². The molecule has 0 aliphatic heterocycles. The van der Waals surface area contributed by atoms with Gasteiger partial charge in [-0.2, -0.15) is 0 Å². The molecule has 0 aliphatic rings. The number of hydrogen-bond donors (Lipinski definition) is 1. The van der Waals surface area contributed by atoms with Crippen LogP contribution in [0, 0.1) is 13.8 Å². The number of sulfonamides is 1. The molecule has 1 aromatic carbocycles. The molecule has 0 aromatic heterocycles. The number of nitrogens with one attached hydrogen (secondary N) is 1. The van der Waals surface area contributed by atoms with Gasteiger partial charge in [-0.1, -0.05) is 0 Å². The smallest absolute Gasteiger partial charge is 0.243 e. The number of carbonyl (C=O) groups is 1. The van der Waals surface area contributed by atoms with Crippen LogP contribution in [0.15, 0.2) is 17.0 Å². The number of nitrogens with zero attached hydrogens (tertiary/aromatic N) is 1. The topological polar surface area (TPSA) is 75.7 Å². The van der Waals surface area contributed by atoms with Crippen molar-refractivity contribution in [2.45, 2.75) is 25.2 Å². The summed E-state index contributed by atoms with van der Waals surface area (Å²) < 4.78 is 31.6. The molecule has 6 nitrogen and oxygen atoms in total. The molecule has 1 aromatic rings. The summed E-state index contributed by atoms with van der Waals surface area (Å²) >= 11 is 0. The van der Waals surface area contributed by atoms with Crippen LogP contribution in [0.25, 0.3) is 0 Å². The van der Waals surface area contributed by atoms with E-state index >= 15 is 0 Å². The number of carbonyl (C=O) groups excluding carboxylic acids is 1. The fraction of sp³-hybridized carbons (Fsp3) is 0.500. The normalized spacial score (nSPS) is 11.5. The molecule has 0 fully saturated rings. The first-order valence-corrected chi connectivity index (χ1v) is 8.00. The molecule has 7 heteroatoms. The maximum absolute atomic E-state index is 12.6. The summed E-state index contributed by atoms with van der Waals surface area (Å²) in [6.07, 6.45) is 0.125. The van der Waals surface area contributed by atoms with E-state index in [0.29, 0.717) is 16.9 Å². The number of benzene rings is 1. The zero-order valence-electron chi connectivity index (χ0n) is 13.1. The van der Waals surface area contributed by atoms with Crippen LogP contribution in [0.2, 0.25) is 0 Å². The molecule has 0 saturated heterocycles. The van der Waals surface area contributed by atoms with E-state index in [0.717, 1.165) is 0 Å². The molecule has 0 unspecified atom stereocenters. The minimum atomic E-state index is -3.63. The van der Waals surface area contributed by atoms with Gasteiger partial charge in [0.05, 0.1) is 12.0 Å². The molecular weight excluding hydrogens is 292 g/mol. The second kappa shape index (κ2) is 6.91. The largest absolute Gasteiger partial charge is 0.497 e. The van der Waals surface area contributed by atoms with Crippen molar-refractivity contribution in [3.05, 3.63) is 23.3 Å². The maximum atomic E-state index is 12.6. The van der Waals surface area contributed by atoms with Crippen LogP contribution in [0.1, 0.15) is 17.5 Å². The van der Waals surface area contributed by atoms with E-state index in [1.54, 1.807) is 26.0 Å². The predicted molar refractivity (Wildman–Crippen MR) is 81.0 cm³/mol. The Bertz CT molecular complexity index is 603. The number of rotatable bonds is 6. The van der Waals surface area contributed by atoms with E-state index in [1.165, 1.54) is 25.5 Å². The van der Waals surface area contributed by atoms with Crippen molar-refractivity contribution in [2.75, 3.05) is 27.7 Å². The number of aryl methyl sites for hydroxylation is 2. The molecule has 0 spiro atoms. The molecule has 1 amide bonds. The van der Waals surface area contributed by atoms with Gasteiger partial charge in [0, 0.05) is 27.1 Å². The summed E-state index contributed by atoms with van der Waals surface area (Å²) in [5.74, 6) is 0.428. The number of amides is 1. The van der Waals surface area contributed by atoms with E-state index in [-0.39, 0.29) is 23.8 Å². The van der Waals surface area contributed by atoms with Crippen LogP contribution >= 0.6 is 0 Å². The molecule has 1 rings (SSSR count). The second-order valence-corrected chi connectivity index (χ2v) is 6.82.